The van der Waals surface area contributed by atoms with Crippen LogP contribution >= 0.6 is 0 Å². The predicted molar refractivity (Wildman–Crippen MR) is 122 cm³/mol. The number of benzene rings is 2. The Morgan fingerprint density at radius 3 is 2.59 bits per heavy atom. The largest absolute Gasteiger partial charge is 0.486 e. The molecular weight excluding hydrogens is 408 g/mol. The van der Waals surface area contributed by atoms with Crippen LogP contribution in [-0.4, -0.2) is 36.6 Å². The first-order valence-electron chi connectivity index (χ1n) is 10.3. The minimum Gasteiger partial charge on any atom is -0.486 e. The van der Waals surface area contributed by atoms with E-state index in [1.54, 1.807) is 19.2 Å². The average Bonchev–Trinajstić information content (AvgIpc) is 2.81. The topological polar surface area (TPSA) is 102 Å². The number of amides is 2. The summed E-state index contributed by atoms with van der Waals surface area (Å²) in [5.74, 6) is 1.14. The molecule has 3 N–H and O–H groups in total. The molecule has 0 fully saturated rings. The van der Waals surface area contributed by atoms with E-state index in [9.17, 15) is 9.59 Å². The van der Waals surface area contributed by atoms with Gasteiger partial charge in [-0.15, -0.1) is 0 Å². The number of para-hydroxylation sites is 3. The van der Waals surface area contributed by atoms with Gasteiger partial charge in [-0.1, -0.05) is 30.3 Å². The summed E-state index contributed by atoms with van der Waals surface area (Å²) >= 11 is 0. The van der Waals surface area contributed by atoms with E-state index < -0.39 is 6.10 Å². The monoisotopic (exact) mass is 432 g/mol. The van der Waals surface area contributed by atoms with E-state index in [0.717, 1.165) is 11.3 Å². The number of carbonyl (C=O) groups excluding carboxylic acids is 2. The molecule has 2 heterocycles. The SMILES string of the molecule is CNC(=O)c1cnc(Nc2ccccc2C)c(NC(=O)CC2COc3ccccc3O2)c1. The summed E-state index contributed by atoms with van der Waals surface area (Å²) in [5.41, 5.74) is 2.61. The maximum atomic E-state index is 12.8. The van der Waals surface area contributed by atoms with Gasteiger partial charge in [-0.05, 0) is 36.8 Å². The average molecular weight is 432 g/mol. The molecule has 0 aliphatic carbocycles. The zero-order chi connectivity index (χ0) is 22.5. The highest BCUT2D eigenvalue weighted by atomic mass is 16.6. The number of anilines is 3. The standard InChI is InChI=1S/C24H24N4O4/c1-15-7-3-4-8-18(15)28-23-19(11-16(13-26-23)24(30)25-2)27-22(29)12-17-14-31-20-9-5-6-10-21(20)32-17/h3-11,13,17H,12,14H2,1-2H3,(H,25,30)(H,26,28)(H,27,29). The summed E-state index contributed by atoms with van der Waals surface area (Å²) in [6.45, 7) is 2.24. The lowest BCUT2D eigenvalue weighted by molar-refractivity contribution is -0.118. The molecule has 8 nitrogen and oxygen atoms in total. The summed E-state index contributed by atoms with van der Waals surface area (Å²) in [7, 11) is 1.54. The number of nitrogens with zero attached hydrogens (tertiary/aromatic N) is 1. The second-order valence-electron chi connectivity index (χ2n) is 7.39. The lowest BCUT2D eigenvalue weighted by Gasteiger charge is -2.26. The molecule has 1 aliphatic heterocycles. The molecule has 1 atom stereocenters. The van der Waals surface area contributed by atoms with Gasteiger partial charge in [0.05, 0.1) is 17.7 Å². The molecule has 0 bridgehead atoms. The summed E-state index contributed by atoms with van der Waals surface area (Å²) < 4.78 is 11.6. The normalized spacial score (nSPS) is 14.4. The van der Waals surface area contributed by atoms with Crippen LogP contribution in [0.2, 0.25) is 0 Å². The van der Waals surface area contributed by atoms with Gasteiger partial charge in [-0.2, -0.15) is 0 Å². The molecule has 0 radical (unpaired) electrons. The zero-order valence-electron chi connectivity index (χ0n) is 17.8. The van der Waals surface area contributed by atoms with E-state index in [-0.39, 0.29) is 24.8 Å². The molecule has 4 rings (SSSR count). The number of rotatable bonds is 6. The van der Waals surface area contributed by atoms with Crippen molar-refractivity contribution in [2.45, 2.75) is 19.4 Å². The summed E-state index contributed by atoms with van der Waals surface area (Å²) in [5, 5.41) is 8.66. The molecule has 32 heavy (non-hydrogen) atoms. The number of aryl methyl sites for hydroxylation is 1. The van der Waals surface area contributed by atoms with Crippen molar-refractivity contribution in [1.82, 2.24) is 10.3 Å². The first kappa shape index (κ1) is 21.2. The Balaban J connectivity index is 1.52. The Kier molecular flexibility index (Phi) is 6.21. The molecular formula is C24H24N4O4. The predicted octanol–water partition coefficient (Wildman–Crippen LogP) is 3.66. The van der Waals surface area contributed by atoms with Gasteiger partial charge in [-0.3, -0.25) is 9.59 Å². The third kappa shape index (κ3) is 4.80. The Bertz CT molecular complexity index is 1150. The van der Waals surface area contributed by atoms with Crippen LogP contribution in [0.15, 0.2) is 60.8 Å². The third-order valence-corrected chi connectivity index (χ3v) is 5.03. The molecule has 1 aliphatic rings. The maximum absolute atomic E-state index is 12.8. The molecule has 8 heteroatoms. The van der Waals surface area contributed by atoms with Crippen molar-refractivity contribution >= 4 is 29.0 Å². The van der Waals surface area contributed by atoms with E-state index in [2.05, 4.69) is 20.9 Å². The molecule has 3 aromatic rings. The van der Waals surface area contributed by atoms with Crippen LogP contribution < -0.4 is 25.4 Å². The Morgan fingerprint density at radius 2 is 1.81 bits per heavy atom. The third-order valence-electron chi connectivity index (χ3n) is 5.03. The number of pyridine rings is 1. The van der Waals surface area contributed by atoms with Crippen LogP contribution in [0.4, 0.5) is 17.2 Å². The Hall–Kier alpha value is -4.07. The number of ether oxygens (including phenoxy) is 2. The highest BCUT2D eigenvalue weighted by Gasteiger charge is 2.24. The maximum Gasteiger partial charge on any atom is 0.252 e. The van der Waals surface area contributed by atoms with Crippen LogP contribution in [0, 0.1) is 6.92 Å². The van der Waals surface area contributed by atoms with Crippen molar-refractivity contribution in [3.8, 4) is 11.5 Å². The number of carbonyl (C=O) groups is 2. The van der Waals surface area contributed by atoms with E-state index in [1.807, 2.05) is 49.4 Å². The van der Waals surface area contributed by atoms with Gasteiger partial charge in [0.15, 0.2) is 17.3 Å². The number of hydrogen-bond acceptors (Lipinski definition) is 6. The molecule has 0 spiro atoms. The van der Waals surface area contributed by atoms with Gasteiger partial charge in [0.25, 0.3) is 5.91 Å². The van der Waals surface area contributed by atoms with Gasteiger partial charge in [-0.25, -0.2) is 4.98 Å². The van der Waals surface area contributed by atoms with Crippen LogP contribution in [0.5, 0.6) is 11.5 Å². The molecule has 1 aromatic heterocycles. The van der Waals surface area contributed by atoms with Crippen molar-refractivity contribution in [3.05, 3.63) is 71.9 Å². The van der Waals surface area contributed by atoms with Crippen LogP contribution in [-0.2, 0) is 4.79 Å². The van der Waals surface area contributed by atoms with Crippen molar-refractivity contribution in [2.24, 2.45) is 0 Å². The second kappa shape index (κ2) is 9.38. The van der Waals surface area contributed by atoms with Crippen molar-refractivity contribution in [3.63, 3.8) is 0 Å². The van der Waals surface area contributed by atoms with Crippen LogP contribution in [0.1, 0.15) is 22.3 Å². The zero-order valence-corrected chi connectivity index (χ0v) is 17.8. The number of hydrogen-bond donors (Lipinski definition) is 3. The van der Waals surface area contributed by atoms with Gasteiger partial charge >= 0.3 is 0 Å². The lowest BCUT2D eigenvalue weighted by atomic mass is 10.2. The quantitative estimate of drug-likeness (QED) is 0.550. The van der Waals surface area contributed by atoms with Crippen molar-refractivity contribution < 1.29 is 19.1 Å². The number of nitrogens with one attached hydrogen (secondary N) is 3. The van der Waals surface area contributed by atoms with Gasteiger partial charge in [0, 0.05) is 18.9 Å². The van der Waals surface area contributed by atoms with E-state index in [4.69, 9.17) is 9.47 Å². The molecule has 2 aromatic carbocycles. The summed E-state index contributed by atoms with van der Waals surface area (Å²) in [4.78, 5) is 29.3. The van der Waals surface area contributed by atoms with E-state index >= 15 is 0 Å². The minimum atomic E-state index is -0.423. The van der Waals surface area contributed by atoms with Crippen LogP contribution in [0.25, 0.3) is 0 Å². The first-order valence-corrected chi connectivity index (χ1v) is 10.3. The highest BCUT2D eigenvalue weighted by molar-refractivity contribution is 5.99. The Labute approximate surface area is 186 Å². The fourth-order valence-corrected chi connectivity index (χ4v) is 3.34. The minimum absolute atomic E-state index is 0.0857. The van der Waals surface area contributed by atoms with Crippen LogP contribution in [0.3, 0.4) is 0 Å². The second-order valence-corrected chi connectivity index (χ2v) is 7.39. The molecule has 1 unspecified atom stereocenters. The number of fused-ring (bicyclic) bond motifs is 1. The Morgan fingerprint density at radius 1 is 1.06 bits per heavy atom. The van der Waals surface area contributed by atoms with Gasteiger partial charge in [0.2, 0.25) is 5.91 Å². The summed E-state index contributed by atoms with van der Waals surface area (Å²) in [6.07, 6.45) is 1.12. The fraction of sp³-hybridized carbons (Fsp3) is 0.208. The van der Waals surface area contributed by atoms with E-state index in [0.29, 0.717) is 28.6 Å². The van der Waals surface area contributed by atoms with Gasteiger partial charge < -0.3 is 25.4 Å². The van der Waals surface area contributed by atoms with Gasteiger partial charge in [0.1, 0.15) is 12.7 Å². The molecule has 164 valence electrons. The lowest BCUT2D eigenvalue weighted by Crippen LogP contribution is -2.33. The first-order chi connectivity index (χ1) is 15.5. The van der Waals surface area contributed by atoms with Crippen molar-refractivity contribution in [1.29, 1.82) is 0 Å². The fourth-order valence-electron chi connectivity index (χ4n) is 3.34. The van der Waals surface area contributed by atoms with Crippen molar-refractivity contribution in [2.75, 3.05) is 24.3 Å². The number of aromatic nitrogens is 1. The molecule has 0 saturated heterocycles. The summed E-state index contributed by atoms with van der Waals surface area (Å²) in [6, 6.07) is 16.7. The highest BCUT2D eigenvalue weighted by Crippen LogP contribution is 2.32. The molecule has 0 saturated carbocycles. The molecule has 2 amide bonds. The smallest absolute Gasteiger partial charge is 0.252 e. The van der Waals surface area contributed by atoms with E-state index in [1.165, 1.54) is 6.20 Å².